The zero-order valence-corrected chi connectivity index (χ0v) is 16.9. The van der Waals surface area contributed by atoms with Crippen LogP contribution in [0.25, 0.3) is 0 Å². The van der Waals surface area contributed by atoms with Crippen LogP contribution in [0.5, 0.6) is 0 Å². The lowest BCUT2D eigenvalue weighted by Gasteiger charge is -2.38. The van der Waals surface area contributed by atoms with Gasteiger partial charge < -0.3 is 24.3 Å². The van der Waals surface area contributed by atoms with Crippen LogP contribution in [0.15, 0.2) is 12.1 Å². The van der Waals surface area contributed by atoms with Crippen LogP contribution >= 0.6 is 0 Å². The van der Waals surface area contributed by atoms with Gasteiger partial charge in [-0.25, -0.2) is 0 Å². The third kappa shape index (κ3) is 4.38. The van der Waals surface area contributed by atoms with E-state index in [1.165, 1.54) is 0 Å². The summed E-state index contributed by atoms with van der Waals surface area (Å²) in [6, 6.07) is 4.11. The van der Waals surface area contributed by atoms with Crippen LogP contribution in [-0.4, -0.2) is 98.0 Å². The summed E-state index contributed by atoms with van der Waals surface area (Å²) in [5, 5.41) is 8.87. The molecule has 3 aliphatic rings. The van der Waals surface area contributed by atoms with E-state index in [2.05, 4.69) is 48.9 Å². The van der Waals surface area contributed by atoms with Gasteiger partial charge >= 0.3 is 0 Å². The van der Waals surface area contributed by atoms with Crippen molar-refractivity contribution < 1.29 is 9.53 Å². The highest BCUT2D eigenvalue weighted by Gasteiger charge is 2.30. The molecule has 3 fully saturated rings. The van der Waals surface area contributed by atoms with Crippen LogP contribution in [0.2, 0.25) is 0 Å². The number of piperidine rings is 1. The highest BCUT2D eigenvalue weighted by molar-refractivity contribution is 5.79. The highest BCUT2D eigenvalue weighted by atomic mass is 16.5. The summed E-state index contributed by atoms with van der Waals surface area (Å²) >= 11 is 0. The molecular formula is C20H32N6O2. The largest absolute Gasteiger partial charge is 0.378 e. The third-order valence-corrected chi connectivity index (χ3v) is 6.27. The zero-order chi connectivity index (χ0) is 19.3. The van der Waals surface area contributed by atoms with Gasteiger partial charge in [-0.05, 0) is 31.5 Å². The van der Waals surface area contributed by atoms with Gasteiger partial charge in [0.2, 0.25) is 5.91 Å². The summed E-state index contributed by atoms with van der Waals surface area (Å²) in [6.07, 6.45) is 1.81. The summed E-state index contributed by atoms with van der Waals surface area (Å²) in [7, 11) is 0. The molecule has 0 bridgehead atoms. The molecule has 28 heavy (non-hydrogen) atoms. The van der Waals surface area contributed by atoms with Crippen LogP contribution in [-0.2, 0) is 9.53 Å². The van der Waals surface area contributed by atoms with E-state index in [0.717, 1.165) is 96.6 Å². The number of rotatable bonds is 4. The first-order chi connectivity index (χ1) is 13.7. The molecule has 0 unspecified atom stereocenters. The Labute approximate surface area is 167 Å². The van der Waals surface area contributed by atoms with Gasteiger partial charge in [0, 0.05) is 58.3 Å². The van der Waals surface area contributed by atoms with Gasteiger partial charge in [-0.15, -0.1) is 10.2 Å². The van der Waals surface area contributed by atoms with E-state index in [0.29, 0.717) is 5.91 Å². The van der Waals surface area contributed by atoms with E-state index < -0.39 is 0 Å². The van der Waals surface area contributed by atoms with Crippen LogP contribution < -0.4 is 9.80 Å². The molecule has 1 aromatic heterocycles. The Balaban J connectivity index is 1.27. The summed E-state index contributed by atoms with van der Waals surface area (Å²) in [5.74, 6) is 2.34. The number of aromatic nitrogens is 2. The first-order valence-electron chi connectivity index (χ1n) is 10.7. The predicted octanol–water partition coefficient (Wildman–Crippen LogP) is 0.694. The van der Waals surface area contributed by atoms with E-state index in [1.54, 1.807) is 0 Å². The second kappa shape index (κ2) is 9.05. The first-order valence-corrected chi connectivity index (χ1v) is 10.7. The van der Waals surface area contributed by atoms with Crippen molar-refractivity contribution >= 4 is 17.5 Å². The molecule has 0 aromatic carbocycles. The van der Waals surface area contributed by atoms with Gasteiger partial charge in [0.1, 0.15) is 0 Å². The lowest BCUT2D eigenvalue weighted by atomic mass is 9.95. The maximum absolute atomic E-state index is 12.9. The van der Waals surface area contributed by atoms with Gasteiger partial charge in [0.15, 0.2) is 11.6 Å². The average molecular weight is 389 g/mol. The molecule has 0 saturated carbocycles. The molecule has 8 nitrogen and oxygen atoms in total. The number of ether oxygens (including phenoxy) is 1. The standard InChI is InChI=1S/C20H32N6O2/c1-2-23-9-11-26(12-10-23)20(27)17-5-7-24(8-6-17)18-3-4-19(22-21-18)25-13-15-28-16-14-25/h3-4,17H,2,5-16H2,1H3. The quantitative estimate of drug-likeness (QED) is 0.752. The van der Waals surface area contributed by atoms with Crippen LogP contribution in [0.1, 0.15) is 19.8 Å². The number of piperazine rings is 1. The normalized spacial score (nSPS) is 22.5. The number of carbonyl (C=O) groups is 1. The van der Waals surface area contributed by atoms with E-state index in [-0.39, 0.29) is 5.92 Å². The highest BCUT2D eigenvalue weighted by Crippen LogP contribution is 2.24. The third-order valence-electron chi connectivity index (χ3n) is 6.27. The van der Waals surface area contributed by atoms with Crippen LogP contribution in [0.4, 0.5) is 11.6 Å². The van der Waals surface area contributed by atoms with E-state index in [4.69, 9.17) is 4.74 Å². The second-order valence-electron chi connectivity index (χ2n) is 7.87. The molecule has 0 N–H and O–H groups in total. The van der Waals surface area contributed by atoms with Crippen molar-refractivity contribution in [2.24, 2.45) is 5.92 Å². The van der Waals surface area contributed by atoms with Gasteiger partial charge in [-0.2, -0.15) is 0 Å². The van der Waals surface area contributed by atoms with Crippen molar-refractivity contribution in [1.82, 2.24) is 20.0 Å². The number of carbonyl (C=O) groups excluding carboxylic acids is 1. The summed E-state index contributed by atoms with van der Waals surface area (Å²) in [4.78, 5) is 21.8. The van der Waals surface area contributed by atoms with Gasteiger partial charge in [-0.3, -0.25) is 4.79 Å². The van der Waals surface area contributed by atoms with Crippen LogP contribution in [0.3, 0.4) is 0 Å². The monoisotopic (exact) mass is 388 g/mol. The maximum atomic E-state index is 12.9. The van der Waals surface area contributed by atoms with E-state index in [1.807, 2.05) is 0 Å². The molecule has 4 heterocycles. The van der Waals surface area contributed by atoms with Gasteiger partial charge in [0.25, 0.3) is 0 Å². The fourth-order valence-electron chi connectivity index (χ4n) is 4.35. The molecule has 4 rings (SSSR count). The molecule has 1 amide bonds. The number of hydrogen-bond donors (Lipinski definition) is 0. The molecule has 3 saturated heterocycles. The minimum atomic E-state index is 0.157. The summed E-state index contributed by atoms with van der Waals surface area (Å²) < 4.78 is 5.39. The summed E-state index contributed by atoms with van der Waals surface area (Å²) in [5.41, 5.74) is 0. The molecule has 0 atom stereocenters. The molecular weight excluding hydrogens is 356 g/mol. The number of amides is 1. The van der Waals surface area contributed by atoms with E-state index in [9.17, 15) is 4.79 Å². The maximum Gasteiger partial charge on any atom is 0.225 e. The lowest BCUT2D eigenvalue weighted by molar-refractivity contribution is -0.137. The molecule has 3 aliphatic heterocycles. The molecule has 0 aliphatic carbocycles. The number of anilines is 2. The molecule has 0 radical (unpaired) electrons. The van der Waals surface area contributed by atoms with Gasteiger partial charge in [-0.1, -0.05) is 6.92 Å². The van der Waals surface area contributed by atoms with Crippen molar-refractivity contribution in [3.8, 4) is 0 Å². The number of nitrogens with zero attached hydrogens (tertiary/aromatic N) is 6. The topological polar surface area (TPSA) is 65.0 Å². The van der Waals surface area contributed by atoms with Crippen LogP contribution in [0, 0.1) is 5.92 Å². The fourth-order valence-corrected chi connectivity index (χ4v) is 4.35. The van der Waals surface area contributed by atoms with E-state index >= 15 is 0 Å². The Bertz CT molecular complexity index is 633. The minimum absolute atomic E-state index is 0.157. The Morgan fingerprint density at radius 2 is 1.50 bits per heavy atom. The van der Waals surface area contributed by atoms with Crippen molar-refractivity contribution in [2.75, 3.05) is 81.9 Å². The number of likely N-dealkylation sites (N-methyl/N-ethyl adjacent to an activating group) is 1. The van der Waals surface area contributed by atoms with Crippen molar-refractivity contribution in [1.29, 1.82) is 0 Å². The van der Waals surface area contributed by atoms with Gasteiger partial charge in [0.05, 0.1) is 13.2 Å². The Hall–Kier alpha value is -1.93. The Kier molecular flexibility index (Phi) is 6.26. The lowest BCUT2D eigenvalue weighted by Crippen LogP contribution is -2.51. The summed E-state index contributed by atoms with van der Waals surface area (Å²) in [6.45, 7) is 12.0. The van der Waals surface area contributed by atoms with Crippen molar-refractivity contribution in [2.45, 2.75) is 19.8 Å². The fraction of sp³-hybridized carbons (Fsp3) is 0.750. The Morgan fingerprint density at radius 1 is 0.929 bits per heavy atom. The Morgan fingerprint density at radius 3 is 2.04 bits per heavy atom. The molecule has 8 heteroatoms. The molecule has 154 valence electrons. The average Bonchev–Trinajstić information content (AvgIpc) is 2.79. The van der Waals surface area contributed by atoms with Crippen molar-refractivity contribution in [3.63, 3.8) is 0 Å². The molecule has 1 aromatic rings. The minimum Gasteiger partial charge on any atom is -0.378 e. The SMILES string of the molecule is CCN1CCN(C(=O)C2CCN(c3ccc(N4CCOCC4)nn3)CC2)CC1. The predicted molar refractivity (Wildman–Crippen MR) is 109 cm³/mol. The first kappa shape index (κ1) is 19.4. The molecule has 0 spiro atoms. The number of morpholine rings is 1. The van der Waals surface area contributed by atoms with Crippen molar-refractivity contribution in [3.05, 3.63) is 12.1 Å². The zero-order valence-electron chi connectivity index (χ0n) is 16.9. The number of hydrogen-bond acceptors (Lipinski definition) is 7. The smallest absolute Gasteiger partial charge is 0.225 e. The second-order valence-corrected chi connectivity index (χ2v) is 7.87.